The first kappa shape index (κ1) is 61.1. The number of amides is 4. The van der Waals surface area contributed by atoms with Gasteiger partial charge < -0.3 is 54.0 Å². The number of nitrogens with zero attached hydrogens (tertiary/aromatic N) is 5. The number of nitrogens with one attached hydrogen (secondary N) is 2. The second kappa shape index (κ2) is 28.2. The lowest BCUT2D eigenvalue weighted by molar-refractivity contribution is -0.144. The first-order chi connectivity index (χ1) is 37.1. The van der Waals surface area contributed by atoms with Gasteiger partial charge in [-0.05, 0) is 105 Å². The molecular weight excluding hydrogens is 1060 g/mol. The summed E-state index contributed by atoms with van der Waals surface area (Å²) in [6, 6.07) is 17.3. The summed E-state index contributed by atoms with van der Waals surface area (Å²) >= 11 is 7.17. The number of nitriles is 1. The molecule has 3 atom stereocenters. The summed E-state index contributed by atoms with van der Waals surface area (Å²) < 4.78 is 74.8. The van der Waals surface area contributed by atoms with Crippen LogP contribution in [0, 0.1) is 23.7 Å². The Morgan fingerprint density at radius 3 is 2.04 bits per heavy atom. The average Bonchev–Trinajstić information content (AvgIpc) is 4.20. The van der Waals surface area contributed by atoms with Crippen molar-refractivity contribution in [1.82, 2.24) is 20.5 Å². The number of unbranched alkanes of at least 4 members (excludes halogenated alkanes) is 1. The van der Waals surface area contributed by atoms with E-state index in [1.165, 1.54) is 11.0 Å². The summed E-state index contributed by atoms with van der Waals surface area (Å²) in [6.45, 7) is 14.1. The molecule has 0 spiro atoms. The van der Waals surface area contributed by atoms with Crippen LogP contribution in [0.3, 0.4) is 0 Å². The van der Waals surface area contributed by atoms with Crippen LogP contribution in [0.25, 0.3) is 10.4 Å². The van der Waals surface area contributed by atoms with Crippen LogP contribution in [-0.2, 0) is 55.6 Å². The highest BCUT2D eigenvalue weighted by Gasteiger charge is 2.51. The van der Waals surface area contributed by atoms with Crippen molar-refractivity contribution in [2.75, 3.05) is 89.0 Å². The van der Waals surface area contributed by atoms with Gasteiger partial charge >= 0.3 is 6.18 Å². The van der Waals surface area contributed by atoms with Crippen LogP contribution in [0.1, 0.15) is 76.3 Å². The van der Waals surface area contributed by atoms with E-state index in [9.17, 15) is 42.7 Å². The van der Waals surface area contributed by atoms with Crippen molar-refractivity contribution in [1.29, 1.82) is 5.26 Å². The molecule has 6 rings (SSSR count). The highest BCUT2D eigenvalue weighted by Crippen LogP contribution is 2.40. The van der Waals surface area contributed by atoms with Gasteiger partial charge in [-0.1, -0.05) is 45.0 Å². The van der Waals surface area contributed by atoms with Crippen molar-refractivity contribution in [3.8, 4) is 22.3 Å². The molecule has 0 bridgehead atoms. The molecule has 0 aliphatic carbocycles. The third-order valence-electron chi connectivity index (χ3n) is 12.8. The second-order valence-corrected chi connectivity index (χ2v) is 21.4. The molecule has 2 aliphatic heterocycles. The van der Waals surface area contributed by atoms with Gasteiger partial charge in [-0.2, -0.15) is 18.4 Å². The van der Waals surface area contributed by atoms with Crippen LogP contribution >= 0.6 is 23.6 Å². The molecule has 18 nitrogen and oxygen atoms in total. The molecule has 3 N–H and O–H groups in total. The van der Waals surface area contributed by atoms with Gasteiger partial charge in [-0.15, -0.1) is 11.3 Å². The fraction of sp³-hybridized carbons (Fsp3) is 0.509. The smallest absolute Gasteiger partial charge is 0.417 e. The van der Waals surface area contributed by atoms with E-state index >= 15 is 0 Å². The van der Waals surface area contributed by atoms with E-state index in [1.54, 1.807) is 65.9 Å². The topological polar surface area (TPSA) is 214 Å². The molecule has 2 aliphatic rings. The third kappa shape index (κ3) is 16.5. The number of aliphatic hydroxyl groups excluding tert-OH is 1. The molecule has 2 fully saturated rings. The van der Waals surface area contributed by atoms with E-state index in [0.717, 1.165) is 51.6 Å². The number of aromatic nitrogens is 1. The highest BCUT2D eigenvalue weighted by molar-refractivity contribution is 7.81. The van der Waals surface area contributed by atoms with E-state index in [-0.39, 0.29) is 62.6 Å². The third-order valence-corrected chi connectivity index (χ3v) is 14.2. The normalized spacial score (nSPS) is 16.9. The number of thiocarbonyl (C=S) groups is 1. The quantitative estimate of drug-likeness (QED) is 0.0387. The number of ether oxygens (including phenoxy) is 6. The summed E-state index contributed by atoms with van der Waals surface area (Å²) in [5.41, 5.74) is 1.47. The molecule has 4 amide bonds. The number of carbonyl (C=O) groups excluding carboxylic acids is 4. The van der Waals surface area contributed by atoms with Crippen LogP contribution in [0.5, 0.6) is 5.75 Å². The second-order valence-electron chi connectivity index (χ2n) is 20.2. The number of halogens is 3. The first-order valence-corrected chi connectivity index (χ1v) is 26.9. The summed E-state index contributed by atoms with van der Waals surface area (Å²) in [5, 5.41) is 25.4. The summed E-state index contributed by atoms with van der Waals surface area (Å²) in [7, 11) is 0. The monoisotopic (exact) mass is 1120 g/mol. The molecule has 3 aromatic carbocycles. The Balaban J connectivity index is 0.763. The summed E-state index contributed by atoms with van der Waals surface area (Å²) in [6.07, 6.45) is -4.03. The lowest BCUT2D eigenvalue weighted by atomic mass is 9.85. The van der Waals surface area contributed by atoms with Crippen molar-refractivity contribution in [2.45, 2.75) is 97.3 Å². The van der Waals surface area contributed by atoms with Crippen LogP contribution in [0.15, 0.2) is 72.2 Å². The standard InChI is InChI=1S/C55H68F3N7O11S2/c1-36-47(78-35-61-36)38-11-9-37(10-12-38)32-60-49(68)45-30-42(66)33-63(45)50(69)48(53(2,3)4)62-46(67)34-75-26-25-73-23-21-71-19-7-8-20-72-22-24-74-27-28-76-43-17-15-40(16-18-43)65-52(77)64(51(70)54(65,5)6)41-14-13-39(31-59)44(29-41)55(56,57)58/h9-18,29,35,42,45,48,66H,7-8,19-28,30,32-34H2,1-6H3,(H,60,68)(H,62,67)/t42-,45+,48?/m1/s1. The number of β-amino-alcohol motifs (C(OH)–C–C–N with tert-alkyl or cyclic N) is 1. The highest BCUT2D eigenvalue weighted by atomic mass is 32.1. The average molecular weight is 1120 g/mol. The number of anilines is 2. The van der Waals surface area contributed by atoms with Crippen LogP contribution in [0.4, 0.5) is 24.5 Å². The number of hydrogen-bond donors (Lipinski definition) is 3. The molecule has 0 saturated carbocycles. The Kier molecular flexibility index (Phi) is 22.1. The number of hydrogen-bond acceptors (Lipinski definition) is 15. The van der Waals surface area contributed by atoms with E-state index in [4.69, 9.17) is 40.6 Å². The van der Waals surface area contributed by atoms with Crippen LogP contribution in [0.2, 0.25) is 0 Å². The van der Waals surface area contributed by atoms with Crippen molar-refractivity contribution >= 4 is 63.7 Å². The van der Waals surface area contributed by atoms with Gasteiger partial charge in [-0.25, -0.2) is 4.98 Å². The first-order valence-electron chi connectivity index (χ1n) is 25.6. The van der Waals surface area contributed by atoms with Crippen molar-refractivity contribution < 1.29 is 65.9 Å². The van der Waals surface area contributed by atoms with Gasteiger partial charge in [0.15, 0.2) is 5.11 Å². The van der Waals surface area contributed by atoms with Gasteiger partial charge in [0.25, 0.3) is 5.91 Å². The molecule has 78 heavy (non-hydrogen) atoms. The number of likely N-dealkylation sites (tertiary alicyclic amines) is 1. The molecule has 3 heterocycles. The Bertz CT molecular complexity index is 2710. The number of aryl methyl sites for hydroxylation is 1. The van der Waals surface area contributed by atoms with E-state index in [0.29, 0.717) is 57.7 Å². The maximum absolute atomic E-state index is 13.9. The van der Waals surface area contributed by atoms with E-state index in [2.05, 4.69) is 15.6 Å². The van der Waals surface area contributed by atoms with Gasteiger partial charge in [-0.3, -0.25) is 24.1 Å². The molecule has 0 radical (unpaired) electrons. The minimum absolute atomic E-state index is 0.00644. The number of rotatable bonds is 28. The summed E-state index contributed by atoms with van der Waals surface area (Å²) in [4.78, 5) is 63.1. The van der Waals surface area contributed by atoms with Crippen molar-refractivity contribution in [3.05, 3.63) is 94.6 Å². The van der Waals surface area contributed by atoms with Gasteiger partial charge in [0, 0.05) is 38.4 Å². The molecule has 23 heteroatoms. The molecule has 4 aromatic rings. The Labute approximate surface area is 462 Å². The maximum Gasteiger partial charge on any atom is 0.417 e. The minimum Gasteiger partial charge on any atom is -0.491 e. The zero-order chi connectivity index (χ0) is 56.6. The Morgan fingerprint density at radius 2 is 1.46 bits per heavy atom. The van der Waals surface area contributed by atoms with E-state index in [1.807, 2.05) is 52.0 Å². The fourth-order valence-corrected chi connectivity index (χ4v) is 10.0. The summed E-state index contributed by atoms with van der Waals surface area (Å²) in [5.74, 6) is -1.33. The van der Waals surface area contributed by atoms with Crippen molar-refractivity contribution in [3.63, 3.8) is 0 Å². The Morgan fingerprint density at radius 1 is 0.872 bits per heavy atom. The van der Waals surface area contributed by atoms with Crippen LogP contribution in [-0.4, -0.2) is 147 Å². The SMILES string of the molecule is Cc1ncsc1-c1ccc(CNC(=O)[C@@H]2C[C@@H](O)CN2C(=O)C(NC(=O)COCCOCCOCCCCOCCOCCOc2ccc(N3C(=S)N(c4ccc(C#N)c(C(F)(F)F)c4)C(=O)C3(C)C)cc2)C(C)(C)C)cc1. The number of carbonyl (C=O) groups is 4. The van der Waals surface area contributed by atoms with Gasteiger partial charge in [0.05, 0.1) is 91.3 Å². The molecule has 1 aromatic heterocycles. The number of aliphatic hydroxyl groups is 1. The van der Waals surface area contributed by atoms with Gasteiger partial charge in [0.2, 0.25) is 17.7 Å². The van der Waals surface area contributed by atoms with Crippen molar-refractivity contribution in [2.24, 2.45) is 5.41 Å². The number of alkyl halides is 3. The van der Waals surface area contributed by atoms with E-state index < -0.39 is 64.2 Å². The number of thiazole rings is 1. The number of benzene rings is 3. The zero-order valence-corrected chi connectivity index (χ0v) is 46.3. The largest absolute Gasteiger partial charge is 0.491 e. The fourth-order valence-electron chi connectivity index (χ4n) is 8.69. The maximum atomic E-state index is 13.9. The lowest BCUT2D eigenvalue weighted by Gasteiger charge is -2.35. The Hall–Kier alpha value is -6.10. The predicted octanol–water partition coefficient (Wildman–Crippen LogP) is 6.98. The van der Waals surface area contributed by atoms with Gasteiger partial charge in [0.1, 0.15) is 36.6 Å². The minimum atomic E-state index is -4.80. The molecule has 2 saturated heterocycles. The van der Waals surface area contributed by atoms with Crippen LogP contribution < -0.4 is 25.2 Å². The molecule has 422 valence electrons. The molecule has 1 unspecified atom stereocenters. The molecular formula is C55H68F3N7O11S2. The zero-order valence-electron chi connectivity index (χ0n) is 44.7. The lowest BCUT2D eigenvalue weighted by Crippen LogP contribution is -2.58. The predicted molar refractivity (Wildman–Crippen MR) is 290 cm³/mol.